The molecule has 1 atom stereocenters. The van der Waals surface area contributed by atoms with Crippen molar-refractivity contribution < 1.29 is 27.1 Å². The first kappa shape index (κ1) is 20.4. The zero-order valence-corrected chi connectivity index (χ0v) is 15.8. The third-order valence-corrected chi connectivity index (χ3v) is 4.98. The van der Waals surface area contributed by atoms with Gasteiger partial charge in [-0.25, -0.2) is 17.6 Å². The van der Waals surface area contributed by atoms with Crippen molar-refractivity contribution in [2.75, 3.05) is 23.0 Å². The summed E-state index contributed by atoms with van der Waals surface area (Å²) in [4.78, 5) is 24.0. The number of benzene rings is 2. The lowest BCUT2D eigenvalue weighted by atomic mass is 10.2. The molecule has 2 rings (SSSR count). The molecule has 0 aliphatic heterocycles. The van der Waals surface area contributed by atoms with Crippen molar-refractivity contribution in [3.05, 3.63) is 59.9 Å². The summed E-state index contributed by atoms with van der Waals surface area (Å²) in [6.07, 6.45) is 0.897. The van der Waals surface area contributed by atoms with E-state index in [1.54, 1.807) is 0 Å². The van der Waals surface area contributed by atoms with E-state index in [-0.39, 0.29) is 5.69 Å². The molecule has 144 valence electrons. The molecular weight excluding hydrogens is 375 g/mol. The second-order valence-electron chi connectivity index (χ2n) is 5.74. The third-order valence-electron chi connectivity index (χ3n) is 3.75. The van der Waals surface area contributed by atoms with Crippen LogP contribution in [0.2, 0.25) is 0 Å². The highest BCUT2D eigenvalue weighted by atomic mass is 32.2. The number of sulfonamides is 1. The van der Waals surface area contributed by atoms with Gasteiger partial charge in [0.25, 0.3) is 0 Å². The van der Waals surface area contributed by atoms with Crippen LogP contribution in [0, 0.1) is 5.82 Å². The second-order valence-corrected chi connectivity index (χ2v) is 7.60. The lowest BCUT2D eigenvalue weighted by Crippen LogP contribution is -2.45. The number of ether oxygens (including phenoxy) is 1. The van der Waals surface area contributed by atoms with Crippen LogP contribution >= 0.6 is 0 Å². The van der Waals surface area contributed by atoms with Crippen LogP contribution in [0.25, 0.3) is 0 Å². The Kier molecular flexibility index (Phi) is 6.17. The van der Waals surface area contributed by atoms with Gasteiger partial charge in [0.15, 0.2) is 0 Å². The molecule has 1 amide bonds. The Morgan fingerprint density at radius 2 is 1.70 bits per heavy atom. The summed E-state index contributed by atoms with van der Waals surface area (Å²) in [5.41, 5.74) is 0.429. The zero-order valence-electron chi connectivity index (χ0n) is 15.0. The Morgan fingerprint density at radius 1 is 1.11 bits per heavy atom. The number of nitrogens with zero attached hydrogens (tertiary/aromatic N) is 1. The molecule has 9 heteroatoms. The average Bonchev–Trinajstić information content (AvgIpc) is 2.62. The van der Waals surface area contributed by atoms with Crippen LogP contribution in [-0.4, -0.2) is 39.7 Å². The van der Waals surface area contributed by atoms with Gasteiger partial charge in [0.2, 0.25) is 15.9 Å². The summed E-state index contributed by atoms with van der Waals surface area (Å²) in [5, 5.41) is 2.55. The van der Waals surface area contributed by atoms with Gasteiger partial charge < -0.3 is 10.1 Å². The maximum atomic E-state index is 14.1. The average molecular weight is 394 g/mol. The molecule has 0 aromatic heterocycles. The third kappa shape index (κ3) is 4.82. The minimum atomic E-state index is -3.93. The number of methoxy groups -OCH3 is 1. The molecular formula is C18H19FN2O5S. The number of amides is 1. The number of nitrogens with one attached hydrogen (secondary N) is 1. The summed E-state index contributed by atoms with van der Waals surface area (Å²) in [6, 6.07) is 9.95. The number of carbonyl (C=O) groups is 2. The van der Waals surface area contributed by atoms with Crippen molar-refractivity contribution in [2.24, 2.45) is 0 Å². The van der Waals surface area contributed by atoms with Gasteiger partial charge in [0.1, 0.15) is 11.9 Å². The van der Waals surface area contributed by atoms with E-state index in [4.69, 9.17) is 0 Å². The Labute approximate surface area is 156 Å². The van der Waals surface area contributed by atoms with Crippen molar-refractivity contribution in [3.8, 4) is 0 Å². The van der Waals surface area contributed by atoms with E-state index in [2.05, 4.69) is 10.1 Å². The van der Waals surface area contributed by atoms with E-state index < -0.39 is 33.8 Å². The minimum Gasteiger partial charge on any atom is -0.465 e. The lowest BCUT2D eigenvalue weighted by Gasteiger charge is -2.28. The molecule has 0 heterocycles. The highest BCUT2D eigenvalue weighted by Gasteiger charge is 2.31. The predicted octanol–water partition coefficient (Wildman–Crippen LogP) is 2.41. The normalized spacial score (nSPS) is 12.1. The van der Waals surface area contributed by atoms with E-state index >= 15 is 0 Å². The van der Waals surface area contributed by atoms with Crippen LogP contribution in [0.1, 0.15) is 17.3 Å². The number of esters is 1. The fraction of sp³-hybridized carbons (Fsp3) is 0.222. The van der Waals surface area contributed by atoms with Crippen molar-refractivity contribution in [2.45, 2.75) is 13.0 Å². The van der Waals surface area contributed by atoms with Gasteiger partial charge in [0.05, 0.1) is 24.6 Å². The fourth-order valence-corrected chi connectivity index (χ4v) is 3.64. The Bertz CT molecular complexity index is 944. The molecule has 2 aromatic carbocycles. The summed E-state index contributed by atoms with van der Waals surface area (Å²) >= 11 is 0. The van der Waals surface area contributed by atoms with Gasteiger partial charge in [-0.05, 0) is 43.3 Å². The Balaban J connectivity index is 2.25. The first-order valence-corrected chi connectivity index (χ1v) is 9.73. The summed E-state index contributed by atoms with van der Waals surface area (Å²) in [7, 11) is -2.67. The molecule has 0 aliphatic carbocycles. The van der Waals surface area contributed by atoms with Crippen molar-refractivity contribution in [1.82, 2.24) is 0 Å². The minimum absolute atomic E-state index is 0.219. The van der Waals surface area contributed by atoms with E-state index in [1.807, 2.05) is 0 Å². The van der Waals surface area contributed by atoms with Crippen molar-refractivity contribution in [1.29, 1.82) is 0 Å². The molecule has 0 radical (unpaired) electrons. The van der Waals surface area contributed by atoms with Crippen LogP contribution in [0.4, 0.5) is 15.8 Å². The molecule has 0 fully saturated rings. The number of halogens is 1. The SMILES string of the molecule is COC(=O)c1ccc(NC(=O)[C@@H](C)N(c2ccccc2F)S(C)(=O)=O)cc1. The maximum Gasteiger partial charge on any atom is 0.337 e. The number of rotatable bonds is 6. The lowest BCUT2D eigenvalue weighted by molar-refractivity contribution is -0.116. The van der Waals surface area contributed by atoms with E-state index in [0.717, 1.165) is 16.6 Å². The highest BCUT2D eigenvalue weighted by molar-refractivity contribution is 7.92. The van der Waals surface area contributed by atoms with Gasteiger partial charge in [-0.2, -0.15) is 0 Å². The topological polar surface area (TPSA) is 92.8 Å². The molecule has 0 unspecified atom stereocenters. The summed E-state index contributed by atoms with van der Waals surface area (Å²) < 4.78 is 43.7. The molecule has 0 saturated carbocycles. The van der Waals surface area contributed by atoms with Crippen LogP contribution < -0.4 is 9.62 Å². The number of hydrogen-bond acceptors (Lipinski definition) is 5. The van der Waals surface area contributed by atoms with Gasteiger partial charge in [0, 0.05) is 5.69 Å². The molecule has 1 N–H and O–H groups in total. The van der Waals surface area contributed by atoms with Crippen LogP contribution in [0.15, 0.2) is 48.5 Å². The molecule has 2 aromatic rings. The number of carbonyl (C=O) groups excluding carboxylic acids is 2. The molecule has 0 bridgehead atoms. The van der Waals surface area contributed by atoms with Crippen molar-refractivity contribution >= 4 is 33.3 Å². The molecule has 7 nitrogen and oxygen atoms in total. The van der Waals surface area contributed by atoms with Gasteiger partial charge >= 0.3 is 5.97 Å². The van der Waals surface area contributed by atoms with Gasteiger partial charge in [-0.1, -0.05) is 12.1 Å². The van der Waals surface area contributed by atoms with E-state index in [0.29, 0.717) is 11.3 Å². The van der Waals surface area contributed by atoms with Crippen LogP contribution in [0.3, 0.4) is 0 Å². The Morgan fingerprint density at radius 3 is 2.22 bits per heavy atom. The second kappa shape index (κ2) is 8.17. The Hall–Kier alpha value is -2.94. The first-order chi connectivity index (χ1) is 12.6. The molecule has 0 saturated heterocycles. The summed E-state index contributed by atoms with van der Waals surface area (Å²) in [6.45, 7) is 1.35. The summed E-state index contributed by atoms with van der Waals surface area (Å²) in [5.74, 6) is -1.94. The van der Waals surface area contributed by atoms with E-state index in [1.165, 1.54) is 56.5 Å². The highest BCUT2D eigenvalue weighted by Crippen LogP contribution is 2.24. The largest absolute Gasteiger partial charge is 0.465 e. The first-order valence-electron chi connectivity index (χ1n) is 7.88. The fourth-order valence-electron chi connectivity index (χ4n) is 2.47. The van der Waals surface area contributed by atoms with Crippen molar-refractivity contribution in [3.63, 3.8) is 0 Å². The molecule has 0 aliphatic rings. The number of para-hydroxylation sites is 1. The van der Waals surface area contributed by atoms with Crippen LogP contribution in [-0.2, 0) is 19.6 Å². The van der Waals surface area contributed by atoms with Crippen LogP contribution in [0.5, 0.6) is 0 Å². The molecule has 0 spiro atoms. The zero-order chi connectivity index (χ0) is 20.2. The molecule has 27 heavy (non-hydrogen) atoms. The van der Waals surface area contributed by atoms with Gasteiger partial charge in [-0.3, -0.25) is 9.10 Å². The maximum absolute atomic E-state index is 14.1. The quantitative estimate of drug-likeness (QED) is 0.760. The smallest absolute Gasteiger partial charge is 0.337 e. The number of anilines is 2. The number of hydrogen-bond donors (Lipinski definition) is 1. The van der Waals surface area contributed by atoms with Gasteiger partial charge in [-0.15, -0.1) is 0 Å². The monoisotopic (exact) mass is 394 g/mol. The standard InChI is InChI=1S/C18H19FN2O5S/c1-12(21(27(3,24)25)16-7-5-4-6-15(16)19)17(22)20-14-10-8-13(9-11-14)18(23)26-2/h4-12H,1-3H3,(H,20,22)/t12-/m1/s1. The predicted molar refractivity (Wildman–Crippen MR) is 99.6 cm³/mol. The van der Waals surface area contributed by atoms with E-state index in [9.17, 15) is 22.4 Å².